The van der Waals surface area contributed by atoms with Crippen molar-refractivity contribution in [2.24, 2.45) is 5.92 Å². The number of carboxylic acids is 1. The molecule has 0 saturated heterocycles. The molecule has 5 rings (SSSR count). The summed E-state index contributed by atoms with van der Waals surface area (Å²) in [6.45, 7) is 1.97. The van der Waals surface area contributed by atoms with Crippen LogP contribution in [0.25, 0.3) is 28.0 Å². The van der Waals surface area contributed by atoms with Crippen molar-refractivity contribution in [2.75, 3.05) is 5.73 Å². The van der Waals surface area contributed by atoms with Gasteiger partial charge in [0.05, 0.1) is 23.5 Å². The number of hydrogen-bond acceptors (Lipinski definition) is 5. The van der Waals surface area contributed by atoms with E-state index in [0.717, 1.165) is 46.5 Å². The zero-order valence-electron chi connectivity index (χ0n) is 17.9. The largest absolute Gasteiger partial charge is 0.481 e. The number of rotatable bonds is 4. The van der Waals surface area contributed by atoms with Gasteiger partial charge in [-0.3, -0.25) is 9.78 Å². The first-order valence-electron chi connectivity index (χ1n) is 10.9. The summed E-state index contributed by atoms with van der Waals surface area (Å²) in [5.41, 5.74) is 12.8. The first-order valence-corrected chi connectivity index (χ1v) is 10.9. The van der Waals surface area contributed by atoms with E-state index in [1.54, 1.807) is 10.7 Å². The van der Waals surface area contributed by atoms with Crippen molar-refractivity contribution >= 4 is 17.4 Å². The molecule has 1 aromatic carbocycles. The van der Waals surface area contributed by atoms with Gasteiger partial charge in [-0.1, -0.05) is 36.4 Å². The van der Waals surface area contributed by atoms with Crippen LogP contribution >= 0.6 is 0 Å². The van der Waals surface area contributed by atoms with Gasteiger partial charge in [-0.05, 0) is 38.7 Å². The molecule has 3 aromatic heterocycles. The number of nitrogens with zero attached hydrogens (tertiary/aromatic N) is 4. The van der Waals surface area contributed by atoms with E-state index in [4.69, 9.17) is 10.7 Å². The Hall–Kier alpha value is -3.74. The second-order valence-corrected chi connectivity index (χ2v) is 8.49. The Morgan fingerprint density at radius 1 is 1.03 bits per heavy atom. The average Bonchev–Trinajstić information content (AvgIpc) is 3.26. The third kappa shape index (κ3) is 3.49. The number of pyridine rings is 1. The van der Waals surface area contributed by atoms with Crippen LogP contribution < -0.4 is 5.73 Å². The minimum Gasteiger partial charge on any atom is -0.481 e. The zero-order chi connectivity index (χ0) is 22.2. The molecule has 0 radical (unpaired) electrons. The second-order valence-electron chi connectivity index (χ2n) is 8.49. The zero-order valence-corrected chi connectivity index (χ0v) is 17.9. The summed E-state index contributed by atoms with van der Waals surface area (Å²) in [7, 11) is 0. The molecular formula is C25H25N5O2. The molecule has 0 bridgehead atoms. The molecule has 0 unspecified atom stereocenters. The fraction of sp³-hybridized carbons (Fsp3) is 0.280. The van der Waals surface area contributed by atoms with E-state index in [1.165, 1.54) is 0 Å². The molecule has 1 aliphatic rings. The first kappa shape index (κ1) is 20.2. The molecule has 3 heterocycles. The quantitative estimate of drug-likeness (QED) is 0.489. The van der Waals surface area contributed by atoms with Crippen molar-refractivity contribution in [1.29, 1.82) is 0 Å². The van der Waals surface area contributed by atoms with E-state index in [-0.39, 0.29) is 11.8 Å². The maximum atomic E-state index is 11.3. The van der Waals surface area contributed by atoms with E-state index in [1.807, 2.05) is 55.6 Å². The van der Waals surface area contributed by atoms with Gasteiger partial charge in [0, 0.05) is 34.4 Å². The molecule has 7 heteroatoms. The number of carboxylic acid groups (broad SMARTS) is 1. The van der Waals surface area contributed by atoms with Gasteiger partial charge in [0.15, 0.2) is 5.65 Å². The lowest BCUT2D eigenvalue weighted by molar-refractivity contribution is -0.142. The molecular weight excluding hydrogens is 402 g/mol. The molecule has 0 amide bonds. The number of aromatic nitrogens is 4. The van der Waals surface area contributed by atoms with Crippen molar-refractivity contribution < 1.29 is 9.90 Å². The lowest BCUT2D eigenvalue weighted by Crippen LogP contribution is -2.22. The van der Waals surface area contributed by atoms with Crippen LogP contribution in [-0.4, -0.2) is 30.7 Å². The SMILES string of the molecule is Cc1c(C2CCC(C(=O)O)CC2)nc2c(-c3ccc(-c4ccccc4)nc3)cnn2c1N. The molecule has 162 valence electrons. The Bertz CT molecular complexity index is 1270. The Morgan fingerprint density at radius 3 is 2.44 bits per heavy atom. The fourth-order valence-electron chi connectivity index (χ4n) is 4.66. The molecule has 4 aromatic rings. The van der Waals surface area contributed by atoms with Gasteiger partial charge in [-0.15, -0.1) is 0 Å². The number of aliphatic carboxylic acids is 1. The van der Waals surface area contributed by atoms with E-state index in [2.05, 4.69) is 10.1 Å². The molecule has 7 nitrogen and oxygen atoms in total. The van der Waals surface area contributed by atoms with Crippen LogP contribution in [0.5, 0.6) is 0 Å². The third-order valence-electron chi connectivity index (χ3n) is 6.57. The number of benzene rings is 1. The highest BCUT2D eigenvalue weighted by molar-refractivity contribution is 5.79. The summed E-state index contributed by atoms with van der Waals surface area (Å²) >= 11 is 0. The number of fused-ring (bicyclic) bond motifs is 1. The van der Waals surface area contributed by atoms with E-state index >= 15 is 0 Å². The van der Waals surface area contributed by atoms with Crippen LogP contribution in [0.3, 0.4) is 0 Å². The lowest BCUT2D eigenvalue weighted by Gasteiger charge is -2.27. The van der Waals surface area contributed by atoms with Gasteiger partial charge < -0.3 is 10.8 Å². The number of anilines is 1. The average molecular weight is 428 g/mol. The minimum absolute atomic E-state index is 0.208. The Morgan fingerprint density at radius 2 is 1.78 bits per heavy atom. The Labute approximate surface area is 186 Å². The summed E-state index contributed by atoms with van der Waals surface area (Å²) in [6.07, 6.45) is 6.57. The van der Waals surface area contributed by atoms with Gasteiger partial charge in [-0.25, -0.2) is 4.98 Å². The summed E-state index contributed by atoms with van der Waals surface area (Å²) in [4.78, 5) is 21.0. The van der Waals surface area contributed by atoms with Crippen LogP contribution in [0.4, 0.5) is 5.82 Å². The highest BCUT2D eigenvalue weighted by Gasteiger charge is 2.29. The highest BCUT2D eigenvalue weighted by Crippen LogP contribution is 2.38. The fourth-order valence-corrected chi connectivity index (χ4v) is 4.66. The summed E-state index contributed by atoms with van der Waals surface area (Å²) in [6, 6.07) is 14.1. The normalized spacial score (nSPS) is 18.7. The van der Waals surface area contributed by atoms with Gasteiger partial charge in [0.2, 0.25) is 0 Å². The molecule has 1 aliphatic carbocycles. The third-order valence-corrected chi connectivity index (χ3v) is 6.57. The van der Waals surface area contributed by atoms with Crippen molar-refractivity contribution in [3.05, 3.63) is 66.1 Å². The minimum atomic E-state index is -0.701. The van der Waals surface area contributed by atoms with E-state index in [9.17, 15) is 9.90 Å². The molecule has 0 aliphatic heterocycles. The number of carbonyl (C=O) groups is 1. The van der Waals surface area contributed by atoms with Crippen molar-refractivity contribution in [3.63, 3.8) is 0 Å². The van der Waals surface area contributed by atoms with Crippen molar-refractivity contribution in [3.8, 4) is 22.4 Å². The van der Waals surface area contributed by atoms with Gasteiger partial charge in [0.1, 0.15) is 5.82 Å². The molecule has 0 atom stereocenters. The Balaban J connectivity index is 1.51. The molecule has 3 N–H and O–H groups in total. The van der Waals surface area contributed by atoms with Crippen LogP contribution in [0.15, 0.2) is 54.9 Å². The van der Waals surface area contributed by atoms with Gasteiger partial charge in [0.25, 0.3) is 0 Å². The summed E-state index contributed by atoms with van der Waals surface area (Å²) in [5, 5.41) is 13.8. The predicted molar refractivity (Wildman–Crippen MR) is 123 cm³/mol. The smallest absolute Gasteiger partial charge is 0.306 e. The maximum Gasteiger partial charge on any atom is 0.306 e. The highest BCUT2D eigenvalue weighted by atomic mass is 16.4. The lowest BCUT2D eigenvalue weighted by atomic mass is 9.79. The van der Waals surface area contributed by atoms with Crippen molar-refractivity contribution in [1.82, 2.24) is 19.6 Å². The Kier molecular flexibility index (Phi) is 5.09. The number of hydrogen-bond donors (Lipinski definition) is 2. The maximum absolute atomic E-state index is 11.3. The first-order chi connectivity index (χ1) is 15.5. The van der Waals surface area contributed by atoms with Crippen LogP contribution in [-0.2, 0) is 4.79 Å². The van der Waals surface area contributed by atoms with Crippen LogP contribution in [0.2, 0.25) is 0 Å². The molecule has 1 fully saturated rings. The standard InChI is InChI=1S/C25H25N5O2/c1-15-22(17-7-9-18(10-8-17)25(31)32)29-24-20(14-28-30(24)23(15)26)19-11-12-21(27-13-19)16-5-3-2-4-6-16/h2-6,11-14,17-18H,7-10,26H2,1H3,(H,31,32). The van der Waals surface area contributed by atoms with Gasteiger partial charge >= 0.3 is 5.97 Å². The van der Waals surface area contributed by atoms with Crippen LogP contribution in [0.1, 0.15) is 42.9 Å². The topological polar surface area (TPSA) is 106 Å². The second kappa shape index (κ2) is 8.07. The molecule has 1 saturated carbocycles. The van der Waals surface area contributed by atoms with E-state index in [0.29, 0.717) is 24.3 Å². The number of nitrogen functional groups attached to an aromatic ring is 1. The monoisotopic (exact) mass is 427 g/mol. The molecule has 32 heavy (non-hydrogen) atoms. The summed E-state index contributed by atoms with van der Waals surface area (Å²) in [5.74, 6) is -0.176. The van der Waals surface area contributed by atoms with Gasteiger partial charge in [-0.2, -0.15) is 9.61 Å². The molecule has 0 spiro atoms. The number of nitrogens with two attached hydrogens (primary N) is 1. The predicted octanol–water partition coefficient (Wildman–Crippen LogP) is 4.71. The van der Waals surface area contributed by atoms with Crippen molar-refractivity contribution in [2.45, 2.75) is 38.5 Å². The van der Waals surface area contributed by atoms with E-state index < -0.39 is 5.97 Å². The summed E-state index contributed by atoms with van der Waals surface area (Å²) < 4.78 is 1.68. The van der Waals surface area contributed by atoms with Crippen LogP contribution in [0, 0.1) is 12.8 Å².